The third kappa shape index (κ3) is 3.68. The second-order valence-electron chi connectivity index (χ2n) is 3.93. The zero-order valence-corrected chi connectivity index (χ0v) is 10.5. The Morgan fingerprint density at radius 3 is 2.56 bits per heavy atom. The Balaban J connectivity index is 2.41. The lowest BCUT2D eigenvalue weighted by Crippen LogP contribution is -2.07. The van der Waals surface area contributed by atoms with E-state index in [0.717, 1.165) is 23.7 Å². The minimum atomic E-state index is 0.894. The maximum absolute atomic E-state index is 4.24. The summed E-state index contributed by atoms with van der Waals surface area (Å²) in [7, 11) is 1.88. The smallest absolute Gasteiger partial charge is 0.134 e. The molecule has 0 bridgehead atoms. The fraction of sp³-hybridized carbons (Fsp3) is 0.667. The lowest BCUT2D eigenvalue weighted by molar-refractivity contribution is 0.684. The molecule has 4 nitrogen and oxygen atoms in total. The molecule has 0 amide bonds. The molecule has 0 spiro atoms. The molecule has 16 heavy (non-hydrogen) atoms. The number of unbranched alkanes of at least 4 members (excludes halogenated alkanes) is 3. The number of nitrogens with one attached hydrogen (secondary N) is 2. The molecule has 0 saturated carbocycles. The molecule has 0 radical (unpaired) electrons. The van der Waals surface area contributed by atoms with Crippen LogP contribution in [0.1, 0.15) is 38.2 Å². The highest BCUT2D eigenvalue weighted by atomic mass is 15.1. The van der Waals surface area contributed by atoms with Gasteiger partial charge in [0, 0.05) is 19.2 Å². The number of hydrogen-bond acceptors (Lipinski definition) is 4. The van der Waals surface area contributed by atoms with Gasteiger partial charge in [0.2, 0.25) is 0 Å². The summed E-state index contributed by atoms with van der Waals surface area (Å²) in [5.74, 6) is 1.84. The molecular weight excluding hydrogens is 200 g/mol. The number of aromatic nitrogens is 2. The van der Waals surface area contributed by atoms with Crippen molar-refractivity contribution in [1.29, 1.82) is 0 Å². The lowest BCUT2D eigenvalue weighted by Gasteiger charge is -2.10. The summed E-state index contributed by atoms with van der Waals surface area (Å²) in [6.07, 6.45) is 6.66. The molecular formula is C12H22N4. The van der Waals surface area contributed by atoms with Gasteiger partial charge in [-0.25, -0.2) is 9.97 Å². The average molecular weight is 222 g/mol. The van der Waals surface area contributed by atoms with Crippen molar-refractivity contribution in [3.63, 3.8) is 0 Å². The molecule has 2 N–H and O–H groups in total. The van der Waals surface area contributed by atoms with Crippen LogP contribution < -0.4 is 10.6 Å². The summed E-state index contributed by atoms with van der Waals surface area (Å²) in [6.45, 7) is 5.24. The van der Waals surface area contributed by atoms with Crippen LogP contribution in [0.5, 0.6) is 0 Å². The van der Waals surface area contributed by atoms with Crippen molar-refractivity contribution in [2.24, 2.45) is 0 Å². The van der Waals surface area contributed by atoms with Gasteiger partial charge in [-0.1, -0.05) is 26.2 Å². The van der Waals surface area contributed by atoms with E-state index in [4.69, 9.17) is 0 Å². The molecule has 0 fully saturated rings. The van der Waals surface area contributed by atoms with Gasteiger partial charge < -0.3 is 10.6 Å². The van der Waals surface area contributed by atoms with E-state index in [1.54, 1.807) is 6.33 Å². The van der Waals surface area contributed by atoms with Crippen LogP contribution in [-0.2, 0) is 0 Å². The molecule has 0 aliphatic heterocycles. The van der Waals surface area contributed by atoms with E-state index in [1.165, 1.54) is 25.7 Å². The van der Waals surface area contributed by atoms with E-state index in [9.17, 15) is 0 Å². The first-order valence-corrected chi connectivity index (χ1v) is 6.02. The second kappa shape index (κ2) is 7.04. The van der Waals surface area contributed by atoms with Crippen molar-refractivity contribution in [3.8, 4) is 0 Å². The van der Waals surface area contributed by atoms with Crippen molar-refractivity contribution < 1.29 is 0 Å². The number of anilines is 2. The van der Waals surface area contributed by atoms with Gasteiger partial charge in [0.25, 0.3) is 0 Å². The van der Waals surface area contributed by atoms with E-state index in [1.807, 2.05) is 14.0 Å². The van der Waals surface area contributed by atoms with Gasteiger partial charge in [0.15, 0.2) is 0 Å². The van der Waals surface area contributed by atoms with Crippen LogP contribution >= 0.6 is 0 Å². The summed E-state index contributed by atoms with van der Waals surface area (Å²) < 4.78 is 0. The van der Waals surface area contributed by atoms with Crippen molar-refractivity contribution >= 4 is 11.6 Å². The Morgan fingerprint density at radius 1 is 1.12 bits per heavy atom. The second-order valence-corrected chi connectivity index (χ2v) is 3.93. The number of hydrogen-bond donors (Lipinski definition) is 2. The van der Waals surface area contributed by atoms with Crippen molar-refractivity contribution in [2.45, 2.75) is 39.5 Å². The third-order valence-electron chi connectivity index (χ3n) is 2.64. The first-order chi connectivity index (χ1) is 7.79. The minimum Gasteiger partial charge on any atom is -0.373 e. The molecule has 0 aliphatic carbocycles. The maximum Gasteiger partial charge on any atom is 0.134 e. The van der Waals surface area contributed by atoms with Gasteiger partial charge in [-0.2, -0.15) is 0 Å². The van der Waals surface area contributed by atoms with Crippen LogP contribution in [0.3, 0.4) is 0 Å². The first kappa shape index (κ1) is 12.7. The highest BCUT2D eigenvalue weighted by Crippen LogP contribution is 2.17. The molecule has 4 heteroatoms. The van der Waals surface area contributed by atoms with Crippen LogP contribution in [0.4, 0.5) is 11.6 Å². The summed E-state index contributed by atoms with van der Waals surface area (Å²) in [4.78, 5) is 8.40. The highest BCUT2D eigenvalue weighted by molar-refractivity contribution is 5.55. The van der Waals surface area contributed by atoms with Crippen molar-refractivity contribution in [1.82, 2.24) is 9.97 Å². The summed E-state index contributed by atoms with van der Waals surface area (Å²) in [5, 5.41) is 6.41. The molecule has 90 valence electrons. The summed E-state index contributed by atoms with van der Waals surface area (Å²) in [6, 6.07) is 0. The van der Waals surface area contributed by atoms with E-state index in [-0.39, 0.29) is 0 Å². The zero-order valence-electron chi connectivity index (χ0n) is 10.5. The van der Waals surface area contributed by atoms with E-state index in [2.05, 4.69) is 27.5 Å². The Morgan fingerprint density at radius 2 is 1.88 bits per heavy atom. The van der Waals surface area contributed by atoms with Gasteiger partial charge in [-0.3, -0.25) is 0 Å². The van der Waals surface area contributed by atoms with Gasteiger partial charge in [0.05, 0.1) is 0 Å². The predicted octanol–water partition coefficient (Wildman–Crippen LogP) is 2.82. The highest BCUT2D eigenvalue weighted by Gasteiger charge is 2.03. The van der Waals surface area contributed by atoms with Crippen molar-refractivity contribution in [3.05, 3.63) is 11.9 Å². The molecule has 1 rings (SSSR count). The fourth-order valence-electron chi connectivity index (χ4n) is 1.64. The molecule has 0 unspecified atom stereocenters. The molecule has 1 aromatic rings. The van der Waals surface area contributed by atoms with Gasteiger partial charge in [-0.15, -0.1) is 0 Å². The van der Waals surface area contributed by atoms with Gasteiger partial charge in [0.1, 0.15) is 18.0 Å². The van der Waals surface area contributed by atoms with Crippen LogP contribution in [0.25, 0.3) is 0 Å². The molecule has 0 aliphatic rings. The lowest BCUT2D eigenvalue weighted by atomic mass is 10.2. The quantitative estimate of drug-likeness (QED) is 0.696. The Labute approximate surface area is 97.9 Å². The largest absolute Gasteiger partial charge is 0.373 e. The normalized spacial score (nSPS) is 10.2. The standard InChI is InChI=1S/C12H22N4/c1-4-5-6-7-8-14-12-10(2)11(13-3)15-9-16-12/h9H,4-8H2,1-3H3,(H2,13,14,15,16). The topological polar surface area (TPSA) is 49.8 Å². The predicted molar refractivity (Wildman–Crippen MR) is 68.9 cm³/mol. The van der Waals surface area contributed by atoms with Crippen LogP contribution in [0, 0.1) is 6.92 Å². The Bertz CT molecular complexity index is 312. The van der Waals surface area contributed by atoms with Crippen molar-refractivity contribution in [2.75, 3.05) is 24.2 Å². The molecule has 0 aromatic carbocycles. The van der Waals surface area contributed by atoms with E-state index in [0.29, 0.717) is 0 Å². The van der Waals surface area contributed by atoms with E-state index < -0.39 is 0 Å². The molecule has 1 aromatic heterocycles. The monoisotopic (exact) mass is 222 g/mol. The summed E-state index contributed by atoms with van der Waals surface area (Å²) in [5.41, 5.74) is 1.08. The maximum atomic E-state index is 4.24. The van der Waals surface area contributed by atoms with Gasteiger partial charge in [-0.05, 0) is 13.3 Å². The minimum absolute atomic E-state index is 0.894. The van der Waals surface area contributed by atoms with Crippen LogP contribution in [0.2, 0.25) is 0 Å². The van der Waals surface area contributed by atoms with E-state index >= 15 is 0 Å². The number of rotatable bonds is 7. The molecule has 0 saturated heterocycles. The Hall–Kier alpha value is -1.32. The Kier molecular flexibility index (Phi) is 5.61. The fourth-order valence-corrected chi connectivity index (χ4v) is 1.64. The SMILES string of the molecule is CCCCCCNc1ncnc(NC)c1C. The van der Waals surface area contributed by atoms with Gasteiger partial charge >= 0.3 is 0 Å². The van der Waals surface area contributed by atoms with Crippen LogP contribution in [0.15, 0.2) is 6.33 Å². The summed E-state index contributed by atoms with van der Waals surface area (Å²) >= 11 is 0. The molecule has 1 heterocycles. The number of nitrogens with zero attached hydrogens (tertiary/aromatic N) is 2. The third-order valence-corrected chi connectivity index (χ3v) is 2.64. The molecule has 0 atom stereocenters. The average Bonchev–Trinajstić information content (AvgIpc) is 2.31. The first-order valence-electron chi connectivity index (χ1n) is 6.02. The van der Waals surface area contributed by atoms with Crippen LogP contribution in [-0.4, -0.2) is 23.6 Å². The zero-order chi connectivity index (χ0) is 11.8.